The van der Waals surface area contributed by atoms with Gasteiger partial charge in [-0.1, -0.05) is 25.1 Å². The lowest BCUT2D eigenvalue weighted by Crippen LogP contribution is -2.46. The highest BCUT2D eigenvalue weighted by atomic mass is 15.3. The van der Waals surface area contributed by atoms with Gasteiger partial charge in [-0.2, -0.15) is 0 Å². The molecule has 0 spiro atoms. The molecule has 2 atom stereocenters. The summed E-state index contributed by atoms with van der Waals surface area (Å²) in [5.41, 5.74) is 2.30. The molecule has 0 amide bonds. The lowest BCUT2D eigenvalue weighted by atomic mass is 10.1. The van der Waals surface area contributed by atoms with Gasteiger partial charge in [-0.25, -0.2) is 9.98 Å². The highest BCUT2D eigenvalue weighted by molar-refractivity contribution is 5.80. The maximum atomic E-state index is 4.86. The van der Waals surface area contributed by atoms with E-state index in [0.29, 0.717) is 24.5 Å². The molecule has 1 aromatic carbocycles. The molecule has 27 heavy (non-hydrogen) atoms. The summed E-state index contributed by atoms with van der Waals surface area (Å²) in [5.74, 6) is 1.50. The van der Waals surface area contributed by atoms with Gasteiger partial charge in [0.25, 0.3) is 0 Å². The molecule has 146 valence electrons. The average molecular weight is 369 g/mol. The molecule has 2 aromatic rings. The molecule has 1 fully saturated rings. The van der Waals surface area contributed by atoms with Gasteiger partial charge in [0, 0.05) is 44.1 Å². The second-order valence-electron chi connectivity index (χ2n) is 7.57. The largest absolute Gasteiger partial charge is 0.357 e. The van der Waals surface area contributed by atoms with Crippen LogP contribution in [0.1, 0.15) is 33.3 Å². The second-order valence-corrected chi connectivity index (χ2v) is 7.57. The predicted octanol–water partition coefficient (Wildman–Crippen LogP) is 2.66. The highest BCUT2D eigenvalue weighted by Crippen LogP contribution is 2.19. The second kappa shape index (κ2) is 9.04. The number of hydrogen-bond donors (Lipinski definition) is 2. The van der Waals surface area contributed by atoms with Crippen LogP contribution in [0.4, 0.5) is 0 Å². The van der Waals surface area contributed by atoms with E-state index >= 15 is 0 Å². The first-order chi connectivity index (χ1) is 13.1. The van der Waals surface area contributed by atoms with Gasteiger partial charge in [0.1, 0.15) is 0 Å². The first kappa shape index (κ1) is 19.4. The predicted molar refractivity (Wildman–Crippen MR) is 111 cm³/mol. The van der Waals surface area contributed by atoms with E-state index in [1.807, 2.05) is 23.2 Å². The molecule has 0 radical (unpaired) electrons. The van der Waals surface area contributed by atoms with Gasteiger partial charge in [-0.05, 0) is 38.3 Å². The van der Waals surface area contributed by atoms with Crippen molar-refractivity contribution in [2.45, 2.75) is 46.3 Å². The molecule has 0 bridgehead atoms. The Morgan fingerprint density at radius 1 is 1.30 bits per heavy atom. The maximum Gasteiger partial charge on any atom is 0.191 e. The third kappa shape index (κ3) is 4.89. The van der Waals surface area contributed by atoms with E-state index in [2.05, 4.69) is 66.4 Å². The molecule has 1 aromatic heterocycles. The van der Waals surface area contributed by atoms with Gasteiger partial charge < -0.3 is 15.2 Å². The van der Waals surface area contributed by atoms with Gasteiger partial charge in [0.15, 0.2) is 5.96 Å². The van der Waals surface area contributed by atoms with Crippen LogP contribution in [-0.4, -0.2) is 52.1 Å². The van der Waals surface area contributed by atoms with E-state index in [0.717, 1.165) is 31.3 Å². The Balaban J connectivity index is 1.72. The van der Waals surface area contributed by atoms with E-state index < -0.39 is 0 Å². The molecule has 3 rings (SSSR count). The minimum atomic E-state index is 0.425. The molecule has 2 heterocycles. The fourth-order valence-electron chi connectivity index (χ4n) is 3.57. The van der Waals surface area contributed by atoms with Crippen LogP contribution in [0.2, 0.25) is 0 Å². The van der Waals surface area contributed by atoms with Crippen molar-refractivity contribution in [3.63, 3.8) is 0 Å². The Morgan fingerprint density at radius 3 is 2.78 bits per heavy atom. The summed E-state index contributed by atoms with van der Waals surface area (Å²) in [4.78, 5) is 11.6. The van der Waals surface area contributed by atoms with Gasteiger partial charge in [0.05, 0.1) is 18.6 Å². The van der Waals surface area contributed by atoms with Crippen LogP contribution in [0.15, 0.2) is 48.0 Å². The van der Waals surface area contributed by atoms with Crippen molar-refractivity contribution in [1.29, 1.82) is 0 Å². The van der Waals surface area contributed by atoms with Gasteiger partial charge in [-0.15, -0.1) is 0 Å². The van der Waals surface area contributed by atoms with Crippen molar-refractivity contribution < 1.29 is 0 Å². The van der Waals surface area contributed by atoms with Crippen LogP contribution >= 0.6 is 0 Å². The minimum absolute atomic E-state index is 0.425. The fraction of sp³-hybridized carbons (Fsp3) is 0.524. The highest BCUT2D eigenvalue weighted by Gasteiger charge is 2.31. The minimum Gasteiger partial charge on any atom is -0.357 e. The van der Waals surface area contributed by atoms with Crippen LogP contribution < -0.4 is 10.6 Å². The molecule has 6 nitrogen and oxygen atoms in total. The number of aliphatic imine (C=N–C) groups is 1. The number of nitrogens with one attached hydrogen (secondary N) is 2. The Labute approximate surface area is 162 Å². The fourth-order valence-corrected chi connectivity index (χ4v) is 3.57. The molecule has 0 aliphatic carbocycles. The van der Waals surface area contributed by atoms with Crippen molar-refractivity contribution >= 4 is 5.96 Å². The number of imidazole rings is 1. The number of benzene rings is 1. The molecule has 1 aliphatic rings. The van der Waals surface area contributed by atoms with Crippen molar-refractivity contribution in [1.82, 2.24) is 25.1 Å². The summed E-state index contributed by atoms with van der Waals surface area (Å²) < 4.78 is 2.03. The van der Waals surface area contributed by atoms with Crippen LogP contribution in [0.5, 0.6) is 0 Å². The smallest absolute Gasteiger partial charge is 0.191 e. The molecule has 2 unspecified atom stereocenters. The van der Waals surface area contributed by atoms with Crippen molar-refractivity contribution in [2.75, 3.05) is 19.6 Å². The molecule has 0 saturated carbocycles. The lowest BCUT2D eigenvalue weighted by Gasteiger charge is -2.22. The third-order valence-electron chi connectivity index (χ3n) is 5.22. The number of rotatable bonds is 6. The number of likely N-dealkylation sites (tertiary alicyclic amines) is 1. The van der Waals surface area contributed by atoms with Crippen molar-refractivity contribution in [3.8, 4) is 5.69 Å². The number of para-hydroxylation sites is 1. The summed E-state index contributed by atoms with van der Waals surface area (Å²) in [7, 11) is 0. The normalized spacial score (nSPS) is 21.0. The summed E-state index contributed by atoms with van der Waals surface area (Å²) >= 11 is 0. The number of guanidine groups is 1. The zero-order valence-corrected chi connectivity index (χ0v) is 16.9. The van der Waals surface area contributed by atoms with Crippen molar-refractivity contribution in [3.05, 3.63) is 48.5 Å². The molecule has 1 saturated heterocycles. The standard InChI is InChI=1S/C21H32N6/c1-5-23-21(25-19-14-27(16(2)3)13-17(19)4)24-12-18-8-6-7-9-20(18)26-11-10-22-15-26/h6-11,15-17,19H,5,12-14H2,1-4H3,(H2,23,24,25). The number of hydrogen-bond acceptors (Lipinski definition) is 3. The van der Waals surface area contributed by atoms with E-state index in [1.165, 1.54) is 5.56 Å². The van der Waals surface area contributed by atoms with E-state index in [-0.39, 0.29) is 0 Å². The van der Waals surface area contributed by atoms with Crippen LogP contribution in [0.3, 0.4) is 0 Å². The first-order valence-electron chi connectivity index (χ1n) is 9.93. The van der Waals surface area contributed by atoms with E-state index in [9.17, 15) is 0 Å². The van der Waals surface area contributed by atoms with Crippen LogP contribution in [0, 0.1) is 5.92 Å². The Bertz CT molecular complexity index is 737. The maximum absolute atomic E-state index is 4.86. The average Bonchev–Trinajstić information content (AvgIpc) is 3.31. The van der Waals surface area contributed by atoms with Crippen LogP contribution in [0.25, 0.3) is 5.69 Å². The molecule has 2 N–H and O–H groups in total. The Hall–Kier alpha value is -2.34. The zero-order valence-electron chi connectivity index (χ0n) is 16.9. The first-order valence-corrected chi connectivity index (χ1v) is 9.93. The molecular formula is C21H32N6. The van der Waals surface area contributed by atoms with Gasteiger partial charge in [0.2, 0.25) is 0 Å². The summed E-state index contributed by atoms with van der Waals surface area (Å²) in [5, 5.41) is 7.05. The van der Waals surface area contributed by atoms with Gasteiger partial charge in [-0.3, -0.25) is 4.90 Å². The SMILES string of the molecule is CCNC(=NCc1ccccc1-n1ccnc1)NC1CN(C(C)C)CC1C. The molecule has 6 heteroatoms. The summed E-state index contributed by atoms with van der Waals surface area (Å²) in [6.07, 6.45) is 5.59. The zero-order chi connectivity index (χ0) is 19.2. The lowest BCUT2D eigenvalue weighted by molar-refractivity contribution is 0.265. The summed E-state index contributed by atoms with van der Waals surface area (Å²) in [6, 6.07) is 9.35. The monoisotopic (exact) mass is 368 g/mol. The van der Waals surface area contributed by atoms with E-state index in [4.69, 9.17) is 4.99 Å². The number of aromatic nitrogens is 2. The molecular weight excluding hydrogens is 336 g/mol. The third-order valence-corrected chi connectivity index (χ3v) is 5.22. The Morgan fingerprint density at radius 2 is 2.11 bits per heavy atom. The Kier molecular flexibility index (Phi) is 6.50. The quantitative estimate of drug-likeness (QED) is 0.608. The summed E-state index contributed by atoms with van der Waals surface area (Å²) in [6.45, 7) is 12.6. The van der Waals surface area contributed by atoms with Gasteiger partial charge >= 0.3 is 0 Å². The van der Waals surface area contributed by atoms with E-state index in [1.54, 1.807) is 6.20 Å². The van der Waals surface area contributed by atoms with Crippen molar-refractivity contribution in [2.24, 2.45) is 10.9 Å². The van der Waals surface area contributed by atoms with Crippen LogP contribution in [-0.2, 0) is 6.54 Å². The number of nitrogens with zero attached hydrogens (tertiary/aromatic N) is 4. The topological polar surface area (TPSA) is 57.5 Å². The molecule has 1 aliphatic heterocycles.